The number of anilines is 1. The third kappa shape index (κ3) is 3.26. The number of nitriles is 1. The molecule has 0 radical (unpaired) electrons. The Balaban J connectivity index is 1.55. The fraction of sp³-hybridized carbons (Fsp3) is 0.467. The molecule has 0 spiro atoms. The van der Waals surface area contributed by atoms with Gasteiger partial charge in [0.15, 0.2) is 0 Å². The molecule has 1 saturated heterocycles. The molecule has 6 heteroatoms. The molecule has 21 heavy (non-hydrogen) atoms. The molecule has 0 bridgehead atoms. The Hall–Kier alpha value is -2.26. The highest BCUT2D eigenvalue weighted by molar-refractivity contribution is 5.40. The Bertz CT molecular complexity index is 645. The maximum atomic E-state index is 8.94. The summed E-state index contributed by atoms with van der Waals surface area (Å²) < 4.78 is 9.36. The van der Waals surface area contributed by atoms with E-state index in [1.165, 1.54) is 0 Å². The van der Waals surface area contributed by atoms with Crippen LogP contribution >= 0.6 is 0 Å². The third-order valence-corrected chi connectivity index (χ3v) is 3.72. The number of aryl methyl sites for hydroxylation is 1. The molecule has 2 aromatic rings. The van der Waals surface area contributed by atoms with Crippen molar-refractivity contribution in [1.82, 2.24) is 14.3 Å². The Morgan fingerprint density at radius 3 is 3.14 bits per heavy atom. The summed E-state index contributed by atoms with van der Waals surface area (Å²) in [4.78, 5) is 0. The van der Waals surface area contributed by atoms with Crippen molar-refractivity contribution in [1.29, 1.82) is 5.26 Å². The summed E-state index contributed by atoms with van der Waals surface area (Å²) in [7, 11) is 1.88. The zero-order valence-electron chi connectivity index (χ0n) is 12.1. The number of ether oxygens (including phenoxy) is 1. The predicted molar refractivity (Wildman–Crippen MR) is 78.7 cm³/mol. The quantitative estimate of drug-likeness (QED) is 0.911. The fourth-order valence-corrected chi connectivity index (χ4v) is 2.60. The van der Waals surface area contributed by atoms with Crippen LogP contribution < -0.4 is 5.32 Å². The van der Waals surface area contributed by atoms with E-state index in [2.05, 4.69) is 16.5 Å². The summed E-state index contributed by atoms with van der Waals surface area (Å²) >= 11 is 0. The van der Waals surface area contributed by atoms with E-state index in [4.69, 9.17) is 10.00 Å². The number of rotatable bonds is 5. The van der Waals surface area contributed by atoms with Crippen molar-refractivity contribution in [2.24, 2.45) is 7.05 Å². The van der Waals surface area contributed by atoms with E-state index in [0.717, 1.165) is 37.2 Å². The van der Waals surface area contributed by atoms with Crippen LogP contribution in [0.3, 0.4) is 0 Å². The largest absolute Gasteiger partial charge is 0.378 e. The molecule has 3 rings (SSSR count). The van der Waals surface area contributed by atoms with Gasteiger partial charge < -0.3 is 14.6 Å². The third-order valence-electron chi connectivity index (χ3n) is 3.72. The van der Waals surface area contributed by atoms with Crippen LogP contribution in [-0.4, -0.2) is 27.1 Å². The summed E-state index contributed by atoms with van der Waals surface area (Å²) in [6.07, 6.45) is 8.34. The van der Waals surface area contributed by atoms with Crippen molar-refractivity contribution >= 4 is 5.69 Å². The number of nitrogens with zero attached hydrogens (tertiary/aromatic N) is 4. The fourth-order valence-electron chi connectivity index (χ4n) is 2.60. The maximum absolute atomic E-state index is 8.94. The van der Waals surface area contributed by atoms with Gasteiger partial charge in [-0.15, -0.1) is 0 Å². The number of hydrogen-bond donors (Lipinski definition) is 1. The number of nitrogens with one attached hydrogen (secondary N) is 1. The average Bonchev–Trinajstić information content (AvgIpc) is 3.19. The summed E-state index contributed by atoms with van der Waals surface area (Å²) in [6.45, 7) is 2.36. The first-order valence-corrected chi connectivity index (χ1v) is 7.18. The molecule has 0 aromatic carbocycles. The van der Waals surface area contributed by atoms with E-state index in [1.807, 2.05) is 41.0 Å². The van der Waals surface area contributed by atoms with Gasteiger partial charge in [0.1, 0.15) is 11.8 Å². The van der Waals surface area contributed by atoms with Gasteiger partial charge in [-0.3, -0.25) is 4.68 Å². The highest BCUT2D eigenvalue weighted by Gasteiger charge is 2.16. The Kier molecular flexibility index (Phi) is 3.93. The van der Waals surface area contributed by atoms with Gasteiger partial charge in [0.25, 0.3) is 0 Å². The maximum Gasteiger partial charge on any atom is 0.120 e. The first-order valence-electron chi connectivity index (χ1n) is 7.18. The van der Waals surface area contributed by atoms with Crippen LogP contribution in [-0.2, 0) is 24.9 Å². The molecule has 0 amide bonds. The van der Waals surface area contributed by atoms with E-state index in [9.17, 15) is 0 Å². The summed E-state index contributed by atoms with van der Waals surface area (Å²) in [5.74, 6) is 0. The first kappa shape index (κ1) is 13.7. The minimum atomic E-state index is 0.296. The van der Waals surface area contributed by atoms with Crippen LogP contribution in [0.25, 0.3) is 0 Å². The predicted octanol–water partition coefficient (Wildman–Crippen LogP) is 1.88. The number of aromatic nitrogens is 3. The number of hydrogen-bond acceptors (Lipinski definition) is 4. The molecule has 1 aliphatic heterocycles. The molecule has 1 aliphatic rings. The van der Waals surface area contributed by atoms with Crippen molar-refractivity contribution in [3.63, 3.8) is 0 Å². The Morgan fingerprint density at radius 1 is 1.52 bits per heavy atom. The van der Waals surface area contributed by atoms with Crippen LogP contribution in [0.2, 0.25) is 0 Å². The van der Waals surface area contributed by atoms with Gasteiger partial charge in [-0.2, -0.15) is 10.4 Å². The lowest BCUT2D eigenvalue weighted by Gasteiger charge is -2.08. The highest BCUT2D eigenvalue weighted by atomic mass is 16.5. The summed E-state index contributed by atoms with van der Waals surface area (Å²) in [6, 6.07) is 4.06. The molecule has 110 valence electrons. The van der Waals surface area contributed by atoms with Crippen LogP contribution in [0.15, 0.2) is 24.7 Å². The van der Waals surface area contributed by atoms with Crippen LogP contribution in [0.5, 0.6) is 0 Å². The Morgan fingerprint density at radius 2 is 2.43 bits per heavy atom. The lowest BCUT2D eigenvalue weighted by molar-refractivity contribution is 0.0940. The molecule has 2 aromatic heterocycles. The molecule has 0 saturated carbocycles. The molecule has 1 N–H and O–H groups in total. The van der Waals surface area contributed by atoms with E-state index in [-0.39, 0.29) is 0 Å². The van der Waals surface area contributed by atoms with Crippen LogP contribution in [0.1, 0.15) is 24.1 Å². The van der Waals surface area contributed by atoms with Gasteiger partial charge >= 0.3 is 0 Å². The van der Waals surface area contributed by atoms with Crippen molar-refractivity contribution < 1.29 is 4.74 Å². The van der Waals surface area contributed by atoms with Gasteiger partial charge in [-0.1, -0.05) is 0 Å². The minimum absolute atomic E-state index is 0.296. The molecule has 1 atom stereocenters. The standard InChI is InChI=1S/C15H19N5O/c1-19-9-12(5-14(19)6-16)7-17-13-8-18-20(10-13)11-15-3-2-4-21-15/h5,8-10,15,17H,2-4,7,11H2,1H3. The van der Waals surface area contributed by atoms with Gasteiger partial charge in [0.05, 0.1) is 24.5 Å². The van der Waals surface area contributed by atoms with Gasteiger partial charge in [-0.25, -0.2) is 0 Å². The molecule has 6 nitrogen and oxygen atoms in total. The Labute approximate surface area is 123 Å². The molecule has 3 heterocycles. The van der Waals surface area contributed by atoms with Gasteiger partial charge in [0.2, 0.25) is 0 Å². The SMILES string of the molecule is Cn1cc(CNc2cnn(CC3CCCO3)c2)cc1C#N. The highest BCUT2D eigenvalue weighted by Crippen LogP contribution is 2.15. The van der Waals surface area contributed by atoms with Crippen molar-refractivity contribution in [2.75, 3.05) is 11.9 Å². The van der Waals surface area contributed by atoms with Crippen molar-refractivity contribution in [3.05, 3.63) is 35.9 Å². The lowest BCUT2D eigenvalue weighted by Crippen LogP contribution is -2.15. The topological polar surface area (TPSA) is 67.8 Å². The summed E-state index contributed by atoms with van der Waals surface area (Å²) in [5, 5.41) is 16.6. The minimum Gasteiger partial charge on any atom is -0.378 e. The average molecular weight is 285 g/mol. The van der Waals surface area contributed by atoms with E-state index in [0.29, 0.717) is 18.3 Å². The molecular formula is C15H19N5O. The molecule has 1 fully saturated rings. The second-order valence-electron chi connectivity index (χ2n) is 5.40. The second kappa shape index (κ2) is 6.02. The van der Waals surface area contributed by atoms with E-state index >= 15 is 0 Å². The van der Waals surface area contributed by atoms with Gasteiger partial charge in [0, 0.05) is 32.6 Å². The van der Waals surface area contributed by atoms with E-state index in [1.54, 1.807) is 0 Å². The second-order valence-corrected chi connectivity index (χ2v) is 5.40. The summed E-state index contributed by atoms with van der Waals surface area (Å²) in [5.41, 5.74) is 2.73. The van der Waals surface area contributed by atoms with Crippen molar-refractivity contribution in [2.45, 2.75) is 32.0 Å². The molecular weight excluding hydrogens is 266 g/mol. The van der Waals surface area contributed by atoms with Gasteiger partial charge in [-0.05, 0) is 24.5 Å². The smallest absolute Gasteiger partial charge is 0.120 e. The normalized spacial score (nSPS) is 17.8. The molecule has 0 aliphatic carbocycles. The van der Waals surface area contributed by atoms with Crippen molar-refractivity contribution in [3.8, 4) is 6.07 Å². The van der Waals surface area contributed by atoms with Crippen LogP contribution in [0, 0.1) is 11.3 Å². The first-order chi connectivity index (χ1) is 10.2. The lowest BCUT2D eigenvalue weighted by atomic mass is 10.2. The van der Waals surface area contributed by atoms with E-state index < -0.39 is 0 Å². The zero-order chi connectivity index (χ0) is 14.7. The molecule has 1 unspecified atom stereocenters. The monoisotopic (exact) mass is 285 g/mol. The van der Waals surface area contributed by atoms with Crippen LogP contribution in [0.4, 0.5) is 5.69 Å². The zero-order valence-corrected chi connectivity index (χ0v) is 12.1.